The van der Waals surface area contributed by atoms with Crippen molar-refractivity contribution in [1.29, 1.82) is 0 Å². The van der Waals surface area contributed by atoms with Crippen molar-refractivity contribution in [2.24, 2.45) is 0 Å². The van der Waals surface area contributed by atoms with E-state index in [9.17, 15) is 19.8 Å². The van der Waals surface area contributed by atoms with Gasteiger partial charge in [0.1, 0.15) is 11.3 Å². The molecule has 1 aliphatic carbocycles. The predicted molar refractivity (Wildman–Crippen MR) is 145 cm³/mol. The maximum absolute atomic E-state index is 14.1. The number of benzene rings is 4. The molecule has 4 aromatic rings. The van der Waals surface area contributed by atoms with Gasteiger partial charge in [0.2, 0.25) is 0 Å². The molecule has 0 aromatic heterocycles. The molecule has 1 heterocycles. The molecule has 4 aromatic carbocycles. The van der Waals surface area contributed by atoms with Crippen LogP contribution in [-0.4, -0.2) is 22.1 Å². The predicted octanol–water partition coefficient (Wildman–Crippen LogP) is 7.51. The van der Waals surface area contributed by atoms with Crippen LogP contribution in [0, 0.1) is 0 Å². The molecule has 1 saturated carbocycles. The number of hydrogen-bond donors (Lipinski definition) is 2. The van der Waals surface area contributed by atoms with E-state index in [2.05, 4.69) is 6.07 Å². The Kier molecular flexibility index (Phi) is 5.58. The van der Waals surface area contributed by atoms with Crippen molar-refractivity contribution in [2.45, 2.75) is 18.8 Å². The van der Waals surface area contributed by atoms with Gasteiger partial charge in [0.05, 0.1) is 16.9 Å². The number of amides is 1. The number of carbonyl (C=O) groups is 2. The van der Waals surface area contributed by atoms with Crippen LogP contribution in [0.1, 0.15) is 45.8 Å². The average molecular weight is 508 g/mol. The highest BCUT2D eigenvalue weighted by molar-refractivity contribution is 6.40. The SMILES string of the molecule is O=C(O)c1ccc(N2C(=O)C(=Cc3c(Cl)cccc3C3CC3)c3c(-c4ccccc4)cccc32)cc1O. The molecule has 2 aliphatic rings. The molecule has 5 nitrogen and oxygen atoms in total. The minimum atomic E-state index is -1.24. The first-order valence-electron chi connectivity index (χ1n) is 12.0. The highest BCUT2D eigenvalue weighted by atomic mass is 35.5. The molecule has 6 rings (SSSR count). The van der Waals surface area contributed by atoms with Crippen LogP contribution in [0.5, 0.6) is 5.75 Å². The van der Waals surface area contributed by atoms with E-state index in [0.29, 0.717) is 27.9 Å². The largest absolute Gasteiger partial charge is 0.507 e. The first-order chi connectivity index (χ1) is 17.9. The van der Waals surface area contributed by atoms with E-state index in [1.807, 2.05) is 66.7 Å². The summed E-state index contributed by atoms with van der Waals surface area (Å²) >= 11 is 6.67. The molecule has 0 unspecified atom stereocenters. The average Bonchev–Trinajstić information content (AvgIpc) is 3.70. The summed E-state index contributed by atoms with van der Waals surface area (Å²) in [5.41, 5.74) is 5.90. The van der Waals surface area contributed by atoms with Crippen molar-refractivity contribution in [2.75, 3.05) is 4.90 Å². The van der Waals surface area contributed by atoms with E-state index in [1.165, 1.54) is 23.1 Å². The van der Waals surface area contributed by atoms with Gasteiger partial charge < -0.3 is 10.2 Å². The molecule has 0 saturated heterocycles. The molecule has 1 fully saturated rings. The number of carboxylic acid groups (broad SMARTS) is 1. The zero-order valence-electron chi connectivity index (χ0n) is 19.7. The molecular weight excluding hydrogens is 486 g/mol. The molecule has 182 valence electrons. The molecule has 0 spiro atoms. The number of aromatic hydroxyl groups is 1. The number of aromatic carboxylic acids is 1. The fourth-order valence-electron chi connectivity index (χ4n) is 5.04. The lowest BCUT2D eigenvalue weighted by Crippen LogP contribution is -2.20. The number of hydrogen-bond acceptors (Lipinski definition) is 3. The number of halogens is 1. The van der Waals surface area contributed by atoms with Gasteiger partial charge >= 0.3 is 5.97 Å². The molecule has 6 heteroatoms. The van der Waals surface area contributed by atoms with Gasteiger partial charge in [0.15, 0.2) is 0 Å². The van der Waals surface area contributed by atoms with Crippen molar-refractivity contribution in [3.05, 3.63) is 112 Å². The number of carboxylic acids is 1. The summed E-state index contributed by atoms with van der Waals surface area (Å²) in [6, 6.07) is 25.6. The third-order valence-corrected chi connectivity index (χ3v) is 7.26. The fraction of sp³-hybridized carbons (Fsp3) is 0.0968. The van der Waals surface area contributed by atoms with Gasteiger partial charge in [-0.15, -0.1) is 0 Å². The van der Waals surface area contributed by atoms with Crippen LogP contribution in [0.25, 0.3) is 22.8 Å². The van der Waals surface area contributed by atoms with Gasteiger partial charge in [-0.3, -0.25) is 9.69 Å². The Morgan fingerprint density at radius 1 is 0.946 bits per heavy atom. The van der Waals surface area contributed by atoms with E-state index < -0.39 is 11.7 Å². The Morgan fingerprint density at radius 3 is 2.41 bits per heavy atom. The number of rotatable bonds is 5. The minimum absolute atomic E-state index is 0.227. The summed E-state index contributed by atoms with van der Waals surface area (Å²) in [5, 5.41) is 20.3. The Labute approximate surface area is 218 Å². The molecule has 1 aliphatic heterocycles. The van der Waals surface area contributed by atoms with E-state index in [0.717, 1.165) is 40.7 Å². The van der Waals surface area contributed by atoms with Gasteiger partial charge in [0.25, 0.3) is 5.91 Å². The molecule has 0 atom stereocenters. The summed E-state index contributed by atoms with van der Waals surface area (Å²) in [5.74, 6) is -1.49. The summed E-state index contributed by atoms with van der Waals surface area (Å²) < 4.78 is 0. The van der Waals surface area contributed by atoms with Crippen molar-refractivity contribution in [3.63, 3.8) is 0 Å². The monoisotopic (exact) mass is 507 g/mol. The van der Waals surface area contributed by atoms with Gasteiger partial charge in [-0.1, -0.05) is 66.2 Å². The van der Waals surface area contributed by atoms with Crippen LogP contribution in [0.15, 0.2) is 84.9 Å². The van der Waals surface area contributed by atoms with Gasteiger partial charge in [-0.05, 0) is 71.4 Å². The second-order valence-corrected chi connectivity index (χ2v) is 9.70. The highest BCUT2D eigenvalue weighted by Crippen LogP contribution is 2.49. The normalized spacial score (nSPS) is 15.8. The van der Waals surface area contributed by atoms with E-state index in [-0.39, 0.29) is 11.5 Å². The number of phenols is 1. The first kappa shape index (κ1) is 23.1. The zero-order valence-corrected chi connectivity index (χ0v) is 20.4. The second kappa shape index (κ2) is 8.95. The topological polar surface area (TPSA) is 77.8 Å². The van der Waals surface area contributed by atoms with Gasteiger partial charge in [-0.25, -0.2) is 4.79 Å². The van der Waals surface area contributed by atoms with E-state index in [1.54, 1.807) is 0 Å². The lowest BCUT2D eigenvalue weighted by molar-refractivity contribution is -0.112. The Bertz CT molecular complexity index is 1610. The number of fused-ring (bicyclic) bond motifs is 1. The number of anilines is 2. The second-order valence-electron chi connectivity index (χ2n) is 9.29. The molecule has 0 bridgehead atoms. The Hall–Kier alpha value is -4.35. The van der Waals surface area contributed by atoms with Crippen LogP contribution in [-0.2, 0) is 4.79 Å². The molecule has 2 N–H and O–H groups in total. The maximum Gasteiger partial charge on any atom is 0.339 e. The van der Waals surface area contributed by atoms with Crippen molar-refractivity contribution in [1.82, 2.24) is 0 Å². The summed E-state index contributed by atoms with van der Waals surface area (Å²) in [4.78, 5) is 27.1. The van der Waals surface area contributed by atoms with E-state index >= 15 is 0 Å². The fourth-order valence-corrected chi connectivity index (χ4v) is 5.27. The first-order valence-corrected chi connectivity index (χ1v) is 12.4. The maximum atomic E-state index is 14.1. The van der Waals surface area contributed by atoms with Crippen molar-refractivity contribution < 1.29 is 19.8 Å². The minimum Gasteiger partial charge on any atom is -0.507 e. The van der Waals surface area contributed by atoms with Crippen LogP contribution < -0.4 is 4.90 Å². The Morgan fingerprint density at radius 2 is 1.70 bits per heavy atom. The lowest BCUT2D eigenvalue weighted by Gasteiger charge is -2.18. The summed E-state index contributed by atoms with van der Waals surface area (Å²) in [7, 11) is 0. The smallest absolute Gasteiger partial charge is 0.339 e. The van der Waals surface area contributed by atoms with E-state index in [4.69, 9.17) is 11.6 Å². The van der Waals surface area contributed by atoms with Crippen molar-refractivity contribution >= 4 is 46.5 Å². The third kappa shape index (κ3) is 3.98. The van der Waals surface area contributed by atoms with Crippen LogP contribution in [0.4, 0.5) is 11.4 Å². The Balaban J connectivity index is 1.59. The van der Waals surface area contributed by atoms with Crippen molar-refractivity contribution in [3.8, 4) is 16.9 Å². The van der Waals surface area contributed by atoms with Crippen LogP contribution >= 0.6 is 11.6 Å². The highest BCUT2D eigenvalue weighted by Gasteiger charge is 2.37. The molecule has 37 heavy (non-hydrogen) atoms. The standard InChI is InChI=1S/C31H22ClNO4/c32-26-10-4-8-21(19-12-13-19)24(26)17-25-29-22(18-6-2-1-3-7-18)9-5-11-27(29)33(30(25)35)20-14-15-23(31(36)37)28(34)16-20/h1-11,14-17,19,34H,12-13H2,(H,36,37). The number of nitrogens with zero attached hydrogens (tertiary/aromatic N) is 1. The zero-order chi connectivity index (χ0) is 25.7. The molecular formula is C31H22ClNO4. The summed E-state index contributed by atoms with van der Waals surface area (Å²) in [6.45, 7) is 0. The summed E-state index contributed by atoms with van der Waals surface area (Å²) in [6.07, 6.45) is 4.07. The third-order valence-electron chi connectivity index (χ3n) is 6.93. The lowest BCUT2D eigenvalue weighted by atomic mass is 9.92. The molecule has 1 amide bonds. The quantitative estimate of drug-likeness (QED) is 0.274. The molecule has 0 radical (unpaired) electrons. The van der Waals surface area contributed by atoms with Gasteiger partial charge in [-0.2, -0.15) is 0 Å². The number of carbonyl (C=O) groups excluding carboxylic acids is 1. The van der Waals surface area contributed by atoms with Crippen LogP contribution in [0.2, 0.25) is 5.02 Å². The van der Waals surface area contributed by atoms with Gasteiger partial charge in [0, 0.05) is 16.7 Å². The van der Waals surface area contributed by atoms with Crippen LogP contribution in [0.3, 0.4) is 0 Å².